The van der Waals surface area contributed by atoms with Crippen LogP contribution >= 0.6 is 0 Å². The summed E-state index contributed by atoms with van der Waals surface area (Å²) in [5.41, 5.74) is 3.22. The minimum atomic E-state index is 0.508. The zero-order valence-corrected chi connectivity index (χ0v) is 12.1. The number of nitrogens with zero attached hydrogens (tertiary/aromatic N) is 1. The molecule has 2 aromatic rings. The van der Waals surface area contributed by atoms with Gasteiger partial charge in [-0.1, -0.05) is 12.1 Å². The molecule has 0 saturated heterocycles. The number of rotatable bonds is 6. The third-order valence-electron chi connectivity index (χ3n) is 2.98. The molecule has 1 aromatic carbocycles. The molecule has 1 aromatic heterocycles. The molecule has 0 unspecified atom stereocenters. The van der Waals surface area contributed by atoms with E-state index < -0.39 is 0 Å². The average Bonchev–Trinajstić information content (AvgIpc) is 2.49. The fourth-order valence-electron chi connectivity index (χ4n) is 1.87. The number of pyridine rings is 1. The van der Waals surface area contributed by atoms with E-state index in [4.69, 9.17) is 14.2 Å². The summed E-state index contributed by atoms with van der Waals surface area (Å²) >= 11 is 0. The van der Waals surface area contributed by atoms with Gasteiger partial charge in [0.2, 0.25) is 5.88 Å². The Morgan fingerprint density at radius 3 is 2.50 bits per heavy atom. The highest BCUT2D eigenvalue weighted by Crippen LogP contribution is 2.21. The van der Waals surface area contributed by atoms with Gasteiger partial charge in [-0.15, -0.1) is 0 Å². The van der Waals surface area contributed by atoms with Crippen LogP contribution in [-0.2, 0) is 18.0 Å². The Morgan fingerprint density at radius 1 is 1.00 bits per heavy atom. The number of hydrogen-bond acceptors (Lipinski definition) is 4. The van der Waals surface area contributed by atoms with E-state index in [1.165, 1.54) is 5.56 Å². The number of aryl methyl sites for hydroxylation is 1. The molecule has 20 heavy (non-hydrogen) atoms. The van der Waals surface area contributed by atoms with E-state index in [1.54, 1.807) is 20.4 Å². The minimum Gasteiger partial charge on any atom is -0.496 e. The quantitative estimate of drug-likeness (QED) is 0.810. The summed E-state index contributed by atoms with van der Waals surface area (Å²) in [5.74, 6) is 1.46. The van der Waals surface area contributed by atoms with Crippen molar-refractivity contribution in [2.45, 2.75) is 20.1 Å². The van der Waals surface area contributed by atoms with Gasteiger partial charge in [0, 0.05) is 17.8 Å². The van der Waals surface area contributed by atoms with Gasteiger partial charge in [-0.05, 0) is 30.2 Å². The predicted molar refractivity (Wildman–Crippen MR) is 77.0 cm³/mol. The van der Waals surface area contributed by atoms with Crippen LogP contribution in [0.15, 0.2) is 36.5 Å². The van der Waals surface area contributed by atoms with Crippen molar-refractivity contribution in [1.29, 1.82) is 0 Å². The van der Waals surface area contributed by atoms with Crippen LogP contribution in [-0.4, -0.2) is 19.2 Å². The Bertz CT molecular complexity index is 552. The van der Waals surface area contributed by atoms with Gasteiger partial charge in [0.15, 0.2) is 0 Å². The molecule has 0 amide bonds. The van der Waals surface area contributed by atoms with Gasteiger partial charge < -0.3 is 14.2 Å². The molecule has 0 atom stereocenters. The lowest BCUT2D eigenvalue weighted by atomic mass is 10.1. The van der Waals surface area contributed by atoms with E-state index in [9.17, 15) is 0 Å². The molecule has 4 heteroatoms. The van der Waals surface area contributed by atoms with Gasteiger partial charge in [0.05, 0.1) is 27.4 Å². The van der Waals surface area contributed by atoms with E-state index in [2.05, 4.69) is 11.1 Å². The second-order valence-electron chi connectivity index (χ2n) is 4.52. The van der Waals surface area contributed by atoms with Gasteiger partial charge >= 0.3 is 0 Å². The number of ether oxygens (including phenoxy) is 3. The maximum Gasteiger partial charge on any atom is 0.212 e. The first-order valence-corrected chi connectivity index (χ1v) is 6.43. The van der Waals surface area contributed by atoms with Crippen molar-refractivity contribution >= 4 is 0 Å². The highest BCUT2D eigenvalue weighted by molar-refractivity contribution is 5.36. The van der Waals surface area contributed by atoms with Gasteiger partial charge in [-0.25, -0.2) is 4.98 Å². The van der Waals surface area contributed by atoms with E-state index in [1.807, 2.05) is 31.2 Å². The van der Waals surface area contributed by atoms with Crippen LogP contribution in [0.5, 0.6) is 11.6 Å². The molecule has 0 saturated carbocycles. The van der Waals surface area contributed by atoms with Crippen LogP contribution < -0.4 is 9.47 Å². The average molecular weight is 273 g/mol. The van der Waals surface area contributed by atoms with Gasteiger partial charge in [0.1, 0.15) is 5.75 Å². The van der Waals surface area contributed by atoms with E-state index in [0.717, 1.165) is 16.9 Å². The van der Waals surface area contributed by atoms with Gasteiger partial charge in [-0.3, -0.25) is 0 Å². The zero-order chi connectivity index (χ0) is 14.4. The first-order chi connectivity index (χ1) is 9.72. The molecule has 0 aliphatic heterocycles. The summed E-state index contributed by atoms with van der Waals surface area (Å²) in [6.45, 7) is 3.06. The topological polar surface area (TPSA) is 40.6 Å². The van der Waals surface area contributed by atoms with Crippen LogP contribution in [0.3, 0.4) is 0 Å². The number of methoxy groups -OCH3 is 2. The predicted octanol–water partition coefficient (Wildman–Crippen LogP) is 3.12. The van der Waals surface area contributed by atoms with Crippen molar-refractivity contribution in [2.75, 3.05) is 14.2 Å². The lowest BCUT2D eigenvalue weighted by molar-refractivity contribution is 0.105. The molecule has 0 aliphatic rings. The standard InChI is InChI=1S/C16H19NO3/c1-12-4-6-14(15(8-12)18-2)11-20-10-13-5-7-16(19-3)17-9-13/h4-9H,10-11H2,1-3H3. The fraction of sp³-hybridized carbons (Fsp3) is 0.312. The second kappa shape index (κ2) is 6.91. The Labute approximate surface area is 119 Å². The van der Waals surface area contributed by atoms with Crippen molar-refractivity contribution in [3.05, 3.63) is 53.2 Å². The molecule has 0 spiro atoms. The van der Waals surface area contributed by atoms with Crippen molar-refractivity contribution in [2.24, 2.45) is 0 Å². The third kappa shape index (κ3) is 3.71. The Kier molecular flexibility index (Phi) is 4.96. The van der Waals surface area contributed by atoms with Crippen LogP contribution in [0, 0.1) is 6.92 Å². The molecule has 0 bridgehead atoms. The largest absolute Gasteiger partial charge is 0.496 e. The molecule has 0 fully saturated rings. The van der Waals surface area contributed by atoms with E-state index >= 15 is 0 Å². The lowest BCUT2D eigenvalue weighted by Gasteiger charge is -2.10. The Hall–Kier alpha value is -2.07. The van der Waals surface area contributed by atoms with Crippen molar-refractivity contribution in [1.82, 2.24) is 4.98 Å². The first kappa shape index (κ1) is 14.3. The summed E-state index contributed by atoms with van der Waals surface area (Å²) in [7, 11) is 3.27. The SMILES string of the molecule is COc1ccc(COCc2ccc(C)cc2OC)cn1. The minimum absolute atomic E-state index is 0.508. The molecular weight excluding hydrogens is 254 g/mol. The highest BCUT2D eigenvalue weighted by atomic mass is 16.5. The molecule has 4 nitrogen and oxygen atoms in total. The molecular formula is C16H19NO3. The number of hydrogen-bond donors (Lipinski definition) is 0. The number of aromatic nitrogens is 1. The summed E-state index contributed by atoms with van der Waals surface area (Å²) in [5, 5.41) is 0. The highest BCUT2D eigenvalue weighted by Gasteiger charge is 2.04. The van der Waals surface area contributed by atoms with Gasteiger partial charge in [0.25, 0.3) is 0 Å². The van der Waals surface area contributed by atoms with Crippen LogP contribution in [0.1, 0.15) is 16.7 Å². The zero-order valence-electron chi connectivity index (χ0n) is 12.1. The molecule has 0 radical (unpaired) electrons. The molecule has 0 aliphatic carbocycles. The van der Waals surface area contributed by atoms with Crippen LogP contribution in [0.25, 0.3) is 0 Å². The van der Waals surface area contributed by atoms with Crippen LogP contribution in [0.2, 0.25) is 0 Å². The van der Waals surface area contributed by atoms with E-state index in [-0.39, 0.29) is 0 Å². The smallest absolute Gasteiger partial charge is 0.212 e. The van der Waals surface area contributed by atoms with Crippen LogP contribution in [0.4, 0.5) is 0 Å². The second-order valence-corrected chi connectivity index (χ2v) is 4.52. The molecule has 2 rings (SSSR count). The van der Waals surface area contributed by atoms with Crippen molar-refractivity contribution in [3.63, 3.8) is 0 Å². The van der Waals surface area contributed by atoms with Crippen molar-refractivity contribution < 1.29 is 14.2 Å². The maximum atomic E-state index is 5.70. The molecule has 106 valence electrons. The summed E-state index contributed by atoms with van der Waals surface area (Å²) in [4.78, 5) is 4.14. The Balaban J connectivity index is 1.92. The summed E-state index contributed by atoms with van der Waals surface area (Å²) in [6, 6.07) is 9.85. The van der Waals surface area contributed by atoms with Crippen molar-refractivity contribution in [3.8, 4) is 11.6 Å². The van der Waals surface area contributed by atoms with Gasteiger partial charge in [-0.2, -0.15) is 0 Å². The summed E-state index contributed by atoms with van der Waals surface area (Å²) < 4.78 is 16.1. The molecule has 0 N–H and O–H groups in total. The molecule has 1 heterocycles. The lowest BCUT2D eigenvalue weighted by Crippen LogP contribution is -1.98. The summed E-state index contributed by atoms with van der Waals surface area (Å²) in [6.07, 6.45) is 1.76. The third-order valence-corrected chi connectivity index (χ3v) is 2.98. The van der Waals surface area contributed by atoms with E-state index in [0.29, 0.717) is 19.1 Å². The monoisotopic (exact) mass is 273 g/mol. The normalized spacial score (nSPS) is 10.3. The first-order valence-electron chi connectivity index (χ1n) is 6.43. The fourth-order valence-corrected chi connectivity index (χ4v) is 1.87. The number of benzene rings is 1. The Morgan fingerprint density at radius 2 is 1.85 bits per heavy atom. The maximum absolute atomic E-state index is 5.70.